The van der Waals surface area contributed by atoms with E-state index in [1.165, 1.54) is 30.6 Å². The molecule has 3 aromatic rings. The van der Waals surface area contributed by atoms with Crippen molar-refractivity contribution in [3.63, 3.8) is 0 Å². The van der Waals surface area contributed by atoms with Crippen molar-refractivity contribution in [1.82, 2.24) is 25.6 Å². The molecule has 178 valence electrons. The van der Waals surface area contributed by atoms with Gasteiger partial charge >= 0.3 is 0 Å². The minimum absolute atomic E-state index is 0.0360. The number of rotatable bonds is 12. The van der Waals surface area contributed by atoms with Gasteiger partial charge < -0.3 is 31.1 Å². The van der Waals surface area contributed by atoms with E-state index in [1.54, 1.807) is 19.4 Å². The average Bonchev–Trinajstić information content (AvgIpc) is 3.24. The summed E-state index contributed by atoms with van der Waals surface area (Å²) in [6.45, 7) is 3.18. The van der Waals surface area contributed by atoms with Crippen molar-refractivity contribution in [2.45, 2.75) is 13.0 Å². The van der Waals surface area contributed by atoms with Gasteiger partial charge in [-0.05, 0) is 37.4 Å². The smallest absolute Gasteiger partial charge is 0.255 e. The third-order valence-corrected chi connectivity index (χ3v) is 4.82. The van der Waals surface area contributed by atoms with Crippen LogP contribution in [0.2, 0.25) is 0 Å². The molecule has 0 aliphatic carbocycles. The minimum atomic E-state index is -0.438. The third-order valence-electron chi connectivity index (χ3n) is 4.82. The zero-order valence-corrected chi connectivity index (χ0v) is 18.9. The van der Waals surface area contributed by atoms with Crippen LogP contribution in [-0.2, 0) is 4.74 Å². The van der Waals surface area contributed by atoms with Crippen molar-refractivity contribution in [1.29, 1.82) is 10.8 Å². The highest BCUT2D eigenvalue weighted by molar-refractivity contribution is 6.14. The van der Waals surface area contributed by atoms with Crippen LogP contribution in [0.5, 0.6) is 0 Å². The first-order valence-corrected chi connectivity index (χ1v) is 10.6. The van der Waals surface area contributed by atoms with Crippen molar-refractivity contribution < 1.29 is 13.9 Å². The van der Waals surface area contributed by atoms with Crippen molar-refractivity contribution in [3.8, 4) is 0 Å². The predicted molar refractivity (Wildman–Crippen MR) is 129 cm³/mol. The second-order valence-electron chi connectivity index (χ2n) is 7.46. The summed E-state index contributed by atoms with van der Waals surface area (Å²) in [6, 6.07) is 3.90. The summed E-state index contributed by atoms with van der Waals surface area (Å²) in [6.07, 6.45) is 7.30. The first-order chi connectivity index (χ1) is 16.4. The molecular formula is C23H27FN8O2. The Hall–Kier alpha value is -4.12. The number of anilines is 1. The van der Waals surface area contributed by atoms with Crippen LogP contribution in [0.4, 0.5) is 10.1 Å². The Bertz CT molecular complexity index is 1210. The average molecular weight is 467 g/mol. The number of nitrogens with one attached hydrogen (secondary N) is 6. The Morgan fingerprint density at radius 1 is 1.32 bits per heavy atom. The lowest BCUT2D eigenvalue weighted by atomic mass is 10.0. The first kappa shape index (κ1) is 24.5. The second kappa shape index (κ2) is 11.7. The van der Waals surface area contributed by atoms with Crippen molar-refractivity contribution >= 4 is 34.7 Å². The van der Waals surface area contributed by atoms with Gasteiger partial charge in [0.1, 0.15) is 17.0 Å². The molecule has 0 fully saturated rings. The maximum atomic E-state index is 13.9. The van der Waals surface area contributed by atoms with Crippen LogP contribution >= 0.6 is 0 Å². The number of aromatic nitrogens is 3. The van der Waals surface area contributed by atoms with E-state index in [2.05, 4.69) is 30.9 Å². The van der Waals surface area contributed by atoms with Crippen LogP contribution in [-0.4, -0.2) is 65.6 Å². The van der Waals surface area contributed by atoms with E-state index in [9.17, 15) is 9.18 Å². The van der Waals surface area contributed by atoms with Crippen molar-refractivity contribution in [2.24, 2.45) is 0 Å². The summed E-state index contributed by atoms with van der Waals surface area (Å²) < 4.78 is 19.0. The molecule has 2 aromatic heterocycles. The highest BCUT2D eigenvalue weighted by Crippen LogP contribution is 2.22. The molecule has 0 saturated heterocycles. The normalized spacial score (nSPS) is 12.0. The number of hydrogen-bond donors (Lipinski definition) is 6. The number of fused-ring (bicyclic) bond motifs is 1. The summed E-state index contributed by atoms with van der Waals surface area (Å²) in [5, 5.41) is 24.6. The molecule has 1 aromatic carbocycles. The number of H-pyrrole nitrogens is 1. The Labute approximate surface area is 196 Å². The van der Waals surface area contributed by atoms with Gasteiger partial charge in [0.2, 0.25) is 0 Å². The molecule has 6 N–H and O–H groups in total. The van der Waals surface area contributed by atoms with E-state index in [0.717, 1.165) is 6.21 Å². The molecule has 10 nitrogen and oxygen atoms in total. The van der Waals surface area contributed by atoms with E-state index in [4.69, 9.17) is 15.6 Å². The monoisotopic (exact) mass is 466 g/mol. The lowest BCUT2D eigenvalue weighted by molar-refractivity contribution is 0.0907. The number of methoxy groups -OCH3 is 1. The van der Waals surface area contributed by atoms with Gasteiger partial charge in [-0.2, -0.15) is 0 Å². The molecule has 0 saturated carbocycles. The number of benzene rings is 1. The molecule has 0 radical (unpaired) electrons. The molecule has 0 bridgehead atoms. The second-order valence-corrected chi connectivity index (χ2v) is 7.46. The Morgan fingerprint density at radius 3 is 2.91 bits per heavy atom. The summed E-state index contributed by atoms with van der Waals surface area (Å²) in [7, 11) is 1.56. The van der Waals surface area contributed by atoms with Gasteiger partial charge in [-0.15, -0.1) is 0 Å². The van der Waals surface area contributed by atoms with Crippen LogP contribution < -0.4 is 16.0 Å². The van der Waals surface area contributed by atoms with Crippen LogP contribution in [0.1, 0.15) is 28.5 Å². The number of nitrogens with zero attached hydrogens (tertiary/aromatic N) is 2. The lowest BCUT2D eigenvalue weighted by Crippen LogP contribution is -2.35. The van der Waals surface area contributed by atoms with Crippen molar-refractivity contribution in [3.05, 3.63) is 65.5 Å². The Morgan fingerprint density at radius 2 is 2.15 bits per heavy atom. The standard InChI is InChI=1S/C23H27FN8O2/c1-14(13-34-2)31-23(33)17-11-29-22-21(17)32-19(12-30-22)20(26)16-5-4-15(24)10-18(16)28-9-8-27-7-3-6-25/h3-7,10-12,14,25-28H,8-9,13H2,1-2H3,(H,29,30)(H,31,33)/b7-3-,25-6?,26-20?. The summed E-state index contributed by atoms with van der Waals surface area (Å²) >= 11 is 0. The van der Waals surface area contributed by atoms with E-state index < -0.39 is 5.82 Å². The van der Waals surface area contributed by atoms with E-state index in [1.807, 2.05) is 6.92 Å². The molecule has 1 atom stereocenters. The van der Waals surface area contributed by atoms with E-state index in [0.29, 0.717) is 47.7 Å². The van der Waals surface area contributed by atoms with Gasteiger partial charge in [-0.1, -0.05) is 0 Å². The third kappa shape index (κ3) is 6.01. The number of ether oxygens (including phenoxy) is 1. The summed E-state index contributed by atoms with van der Waals surface area (Å²) in [5.74, 6) is -0.769. The van der Waals surface area contributed by atoms with Crippen LogP contribution in [0, 0.1) is 16.6 Å². The fourth-order valence-corrected chi connectivity index (χ4v) is 3.27. The van der Waals surface area contributed by atoms with Crippen LogP contribution in [0.3, 0.4) is 0 Å². The summed E-state index contributed by atoms with van der Waals surface area (Å²) in [4.78, 5) is 24.4. The molecule has 0 aliphatic heterocycles. The topological polar surface area (TPSA) is 152 Å². The lowest BCUT2D eigenvalue weighted by Gasteiger charge is -2.13. The van der Waals surface area contributed by atoms with E-state index in [-0.39, 0.29) is 23.4 Å². The number of allylic oxidation sites excluding steroid dienone is 1. The fraction of sp³-hybridized carbons (Fsp3) is 0.261. The van der Waals surface area contributed by atoms with Gasteiger partial charge in [-0.25, -0.2) is 14.4 Å². The van der Waals surface area contributed by atoms with Gasteiger partial charge in [0.15, 0.2) is 5.65 Å². The number of carbonyl (C=O) groups is 1. The highest BCUT2D eigenvalue weighted by Gasteiger charge is 2.19. The van der Waals surface area contributed by atoms with Gasteiger partial charge in [0.05, 0.1) is 24.1 Å². The van der Waals surface area contributed by atoms with E-state index >= 15 is 0 Å². The number of carbonyl (C=O) groups excluding carboxylic acids is 1. The molecular weight excluding hydrogens is 439 g/mol. The molecule has 3 rings (SSSR count). The highest BCUT2D eigenvalue weighted by atomic mass is 19.1. The Kier molecular flexibility index (Phi) is 8.41. The number of hydrogen-bond acceptors (Lipinski definition) is 8. The SMILES string of the molecule is COCC(C)NC(=O)c1c[nH]c2ncc(C(=N)c3ccc(F)cc3NCCN/C=C\C=N)nc12. The number of halogens is 1. The van der Waals surface area contributed by atoms with Gasteiger partial charge in [0, 0.05) is 49.9 Å². The molecule has 11 heteroatoms. The van der Waals surface area contributed by atoms with Crippen molar-refractivity contribution in [2.75, 3.05) is 32.1 Å². The maximum Gasteiger partial charge on any atom is 0.255 e. The summed E-state index contributed by atoms with van der Waals surface area (Å²) in [5.41, 5.74) is 2.22. The molecule has 2 heterocycles. The first-order valence-electron chi connectivity index (χ1n) is 10.6. The van der Waals surface area contributed by atoms with Gasteiger partial charge in [0.25, 0.3) is 5.91 Å². The predicted octanol–water partition coefficient (Wildman–Crippen LogP) is 2.44. The van der Waals surface area contributed by atoms with Gasteiger partial charge in [-0.3, -0.25) is 10.2 Å². The Balaban J connectivity index is 1.83. The largest absolute Gasteiger partial charge is 0.389 e. The molecule has 34 heavy (non-hydrogen) atoms. The number of amides is 1. The minimum Gasteiger partial charge on any atom is -0.389 e. The van der Waals surface area contributed by atoms with Crippen LogP contribution in [0.15, 0.2) is 42.9 Å². The van der Waals surface area contributed by atoms with Crippen LogP contribution in [0.25, 0.3) is 11.2 Å². The fourth-order valence-electron chi connectivity index (χ4n) is 3.27. The number of aromatic amines is 1. The molecule has 1 unspecified atom stereocenters. The maximum absolute atomic E-state index is 13.9. The molecule has 0 aliphatic rings. The molecule has 0 spiro atoms. The zero-order valence-electron chi connectivity index (χ0n) is 18.9. The zero-order chi connectivity index (χ0) is 24.5. The quantitative estimate of drug-likeness (QED) is 0.178. The molecule has 1 amide bonds.